The van der Waals surface area contributed by atoms with Gasteiger partial charge in [0.2, 0.25) is 0 Å². The molecular weight excluding hydrogens is 450 g/mol. The summed E-state index contributed by atoms with van der Waals surface area (Å²) in [5.41, 5.74) is 1.99. The van der Waals surface area contributed by atoms with E-state index in [4.69, 9.17) is 14.6 Å². The third-order valence-corrected chi connectivity index (χ3v) is 5.19. The number of ether oxygens (including phenoxy) is 2. The van der Waals surface area contributed by atoms with Crippen LogP contribution in [0.1, 0.15) is 91.5 Å². The Hall–Kier alpha value is -2.63. The summed E-state index contributed by atoms with van der Waals surface area (Å²) in [6, 6.07) is 6.01. The molecule has 0 saturated heterocycles. The van der Waals surface area contributed by atoms with Crippen molar-refractivity contribution in [3.8, 4) is 11.5 Å². The molecule has 0 fully saturated rings. The first-order valence-electron chi connectivity index (χ1n) is 12.8. The minimum Gasteiger partial charge on any atom is -0.487 e. The zero-order valence-electron chi connectivity index (χ0n) is 23.1. The van der Waals surface area contributed by atoms with Crippen LogP contribution in [0.5, 0.6) is 11.5 Å². The molecule has 1 aliphatic rings. The number of benzene rings is 2. The van der Waals surface area contributed by atoms with Crippen LogP contribution in [0.25, 0.3) is 0 Å². The average Bonchev–Trinajstić information content (AvgIpc) is 3.16. The van der Waals surface area contributed by atoms with Crippen LogP contribution in [-0.2, 0) is 30.7 Å². The zero-order valence-corrected chi connectivity index (χ0v) is 23.1. The van der Waals surface area contributed by atoms with Crippen molar-refractivity contribution in [2.75, 3.05) is 0 Å². The first-order valence-corrected chi connectivity index (χ1v) is 12.8. The molecule has 35 heavy (non-hydrogen) atoms. The fourth-order valence-corrected chi connectivity index (χ4v) is 3.75. The van der Waals surface area contributed by atoms with Crippen molar-refractivity contribution in [3.05, 3.63) is 58.2 Å². The zero-order chi connectivity index (χ0) is 27.3. The van der Waals surface area contributed by atoms with Crippen molar-refractivity contribution in [2.24, 2.45) is 5.92 Å². The molecule has 4 nitrogen and oxygen atoms in total. The van der Waals surface area contributed by atoms with E-state index in [2.05, 4.69) is 0 Å². The maximum atomic E-state index is 15.0. The second kappa shape index (κ2) is 15.4. The van der Waals surface area contributed by atoms with Gasteiger partial charge in [0.1, 0.15) is 23.8 Å². The van der Waals surface area contributed by atoms with E-state index in [0.717, 1.165) is 5.56 Å². The third kappa shape index (κ3) is 8.83. The molecule has 0 amide bonds. The molecular formula is C29H44F2O4. The monoisotopic (exact) mass is 494 g/mol. The van der Waals surface area contributed by atoms with Gasteiger partial charge in [-0.15, -0.1) is 0 Å². The highest BCUT2D eigenvalue weighted by Crippen LogP contribution is 2.39. The van der Waals surface area contributed by atoms with Gasteiger partial charge in [-0.25, -0.2) is 8.78 Å². The topological polar surface area (TPSA) is 55.8 Å². The molecule has 0 aromatic heterocycles. The van der Waals surface area contributed by atoms with Gasteiger partial charge in [0, 0.05) is 17.5 Å². The third-order valence-electron chi connectivity index (χ3n) is 5.19. The Bertz CT molecular complexity index is 939. The second-order valence-corrected chi connectivity index (χ2v) is 8.19. The van der Waals surface area contributed by atoms with Gasteiger partial charge in [-0.05, 0) is 56.0 Å². The van der Waals surface area contributed by atoms with E-state index in [9.17, 15) is 13.6 Å². The number of carboxylic acid groups (broad SMARTS) is 1. The summed E-state index contributed by atoms with van der Waals surface area (Å²) in [6.45, 7) is 19.2. The van der Waals surface area contributed by atoms with Crippen LogP contribution in [0.4, 0.5) is 8.78 Å². The summed E-state index contributed by atoms with van der Waals surface area (Å²) in [5, 5.41) is 9.12. The summed E-state index contributed by atoms with van der Waals surface area (Å²) in [6.07, 6.45) is 1.26. The Morgan fingerprint density at radius 3 is 2.23 bits per heavy atom. The fourth-order valence-electron chi connectivity index (χ4n) is 3.75. The minimum absolute atomic E-state index is 0.0267. The average molecular weight is 495 g/mol. The van der Waals surface area contributed by atoms with Gasteiger partial charge in [-0.2, -0.15) is 0 Å². The summed E-state index contributed by atoms with van der Waals surface area (Å²) >= 11 is 0. The van der Waals surface area contributed by atoms with E-state index < -0.39 is 23.3 Å². The Labute approximate surface area is 210 Å². The van der Waals surface area contributed by atoms with Crippen LogP contribution in [0, 0.1) is 17.6 Å². The number of carbonyl (C=O) groups is 1. The maximum Gasteiger partial charge on any atom is 0.306 e. The fraction of sp³-hybridized carbons (Fsp3) is 0.552. The highest BCUT2D eigenvalue weighted by atomic mass is 19.1. The number of aliphatic carboxylic acids is 1. The van der Waals surface area contributed by atoms with Crippen LogP contribution in [0.3, 0.4) is 0 Å². The van der Waals surface area contributed by atoms with E-state index >= 15 is 0 Å². The predicted octanol–water partition coefficient (Wildman–Crippen LogP) is 8.16. The summed E-state index contributed by atoms with van der Waals surface area (Å²) in [5.74, 6) is -1.76. The van der Waals surface area contributed by atoms with E-state index in [1.165, 1.54) is 18.2 Å². The lowest BCUT2D eigenvalue weighted by Crippen LogP contribution is -2.25. The number of hydrogen-bond donors (Lipinski definition) is 1. The molecule has 3 rings (SSSR count). The normalized spacial score (nSPS) is 13.4. The summed E-state index contributed by atoms with van der Waals surface area (Å²) < 4.78 is 40.6. The molecule has 6 heteroatoms. The van der Waals surface area contributed by atoms with Crippen molar-refractivity contribution in [3.63, 3.8) is 0 Å². The Morgan fingerprint density at radius 2 is 1.69 bits per heavy atom. The highest BCUT2D eigenvalue weighted by Gasteiger charge is 2.32. The van der Waals surface area contributed by atoms with Gasteiger partial charge in [-0.3, -0.25) is 4.79 Å². The molecule has 1 unspecified atom stereocenters. The number of fused-ring (bicyclic) bond motifs is 1. The van der Waals surface area contributed by atoms with E-state index in [1.807, 2.05) is 62.3 Å². The molecule has 0 aliphatic carbocycles. The van der Waals surface area contributed by atoms with Gasteiger partial charge in [0.15, 0.2) is 11.6 Å². The van der Waals surface area contributed by atoms with Gasteiger partial charge >= 0.3 is 5.97 Å². The lowest BCUT2D eigenvalue weighted by atomic mass is 9.95. The number of halogens is 2. The molecule has 0 saturated carbocycles. The van der Waals surface area contributed by atoms with E-state index in [0.29, 0.717) is 35.3 Å². The molecule has 1 heterocycles. The minimum atomic E-state index is -0.921. The van der Waals surface area contributed by atoms with Gasteiger partial charge in [-0.1, -0.05) is 61.5 Å². The molecule has 198 valence electrons. The molecule has 2 aromatic rings. The number of carboxylic acids is 1. The molecule has 1 N–H and O–H groups in total. The molecule has 0 bridgehead atoms. The van der Waals surface area contributed by atoms with Crippen molar-refractivity contribution in [2.45, 2.75) is 101 Å². The Morgan fingerprint density at radius 1 is 1.09 bits per heavy atom. The lowest BCUT2D eigenvalue weighted by Gasteiger charge is -2.19. The number of rotatable bonds is 7. The van der Waals surface area contributed by atoms with Gasteiger partial charge in [0.25, 0.3) is 0 Å². The van der Waals surface area contributed by atoms with Crippen LogP contribution < -0.4 is 9.47 Å². The van der Waals surface area contributed by atoms with Gasteiger partial charge in [0.05, 0.1) is 5.92 Å². The standard InChI is InChI=1S/C23H26F2O4.3C2H6/c1-5-18-14(8-13(2)22(26)27)6-7-19(20(18)25)28-12-16-10-17(24)9-15-11-23(3,4)29-21(15)16;3*1-2/h6-7,9-10,13H,5,8,11-12H2,1-4H3,(H,26,27);3*1-2H3. The predicted molar refractivity (Wildman–Crippen MR) is 139 cm³/mol. The molecule has 1 aliphatic heterocycles. The Balaban J connectivity index is 0.00000179. The van der Waals surface area contributed by atoms with Crippen molar-refractivity contribution in [1.29, 1.82) is 0 Å². The van der Waals surface area contributed by atoms with Crippen LogP contribution in [-0.4, -0.2) is 16.7 Å². The van der Waals surface area contributed by atoms with Crippen molar-refractivity contribution < 1.29 is 28.2 Å². The maximum absolute atomic E-state index is 15.0. The van der Waals surface area contributed by atoms with Crippen LogP contribution >= 0.6 is 0 Å². The first kappa shape index (κ1) is 32.4. The van der Waals surface area contributed by atoms with Gasteiger partial charge < -0.3 is 14.6 Å². The van der Waals surface area contributed by atoms with Crippen LogP contribution in [0.15, 0.2) is 24.3 Å². The summed E-state index contributed by atoms with van der Waals surface area (Å²) in [4.78, 5) is 11.1. The quantitative estimate of drug-likeness (QED) is 0.422. The first-order chi connectivity index (χ1) is 16.6. The summed E-state index contributed by atoms with van der Waals surface area (Å²) in [7, 11) is 0. The molecule has 0 radical (unpaired) electrons. The lowest BCUT2D eigenvalue weighted by molar-refractivity contribution is -0.141. The van der Waals surface area contributed by atoms with Crippen molar-refractivity contribution in [1.82, 2.24) is 0 Å². The highest BCUT2D eigenvalue weighted by molar-refractivity contribution is 5.70. The van der Waals surface area contributed by atoms with Crippen LogP contribution in [0.2, 0.25) is 0 Å². The molecule has 1 atom stereocenters. The molecule has 2 aromatic carbocycles. The Kier molecular flexibility index (Phi) is 14.2. The van der Waals surface area contributed by atoms with Crippen molar-refractivity contribution >= 4 is 5.97 Å². The smallest absolute Gasteiger partial charge is 0.306 e. The number of hydrogen-bond acceptors (Lipinski definition) is 3. The molecule has 0 spiro atoms. The SMILES string of the molecule is CC.CC.CC.CCc1c(CC(C)C(=O)O)ccc(OCc2cc(F)cc3c2OC(C)(C)C3)c1F. The van der Waals surface area contributed by atoms with E-state index in [1.54, 1.807) is 13.0 Å². The largest absolute Gasteiger partial charge is 0.487 e. The van der Waals surface area contributed by atoms with E-state index in [-0.39, 0.29) is 24.6 Å². The second-order valence-electron chi connectivity index (χ2n) is 8.19.